The molecule has 2 heterocycles. The smallest absolute Gasteiger partial charge is 0.128 e. The van der Waals surface area contributed by atoms with Crippen molar-refractivity contribution in [3.05, 3.63) is 40.5 Å². The number of ether oxygens (including phenoxy) is 1. The van der Waals surface area contributed by atoms with Crippen molar-refractivity contribution in [3.63, 3.8) is 0 Å². The number of pyridine rings is 1. The Morgan fingerprint density at radius 1 is 1.20 bits per heavy atom. The second-order valence-corrected chi connectivity index (χ2v) is 5.04. The molecule has 0 aliphatic heterocycles. The molecule has 0 aromatic carbocycles. The first-order valence-corrected chi connectivity index (χ1v) is 7.15. The van der Waals surface area contributed by atoms with Crippen molar-refractivity contribution >= 4 is 0 Å². The maximum atomic E-state index is 5.47. The quantitative estimate of drug-likeness (QED) is 0.840. The Labute approximate surface area is 120 Å². The first-order valence-electron chi connectivity index (χ1n) is 7.15. The predicted molar refractivity (Wildman–Crippen MR) is 80.3 cm³/mol. The maximum Gasteiger partial charge on any atom is 0.128 e. The maximum absolute atomic E-state index is 5.47. The van der Waals surface area contributed by atoms with Gasteiger partial charge in [0.25, 0.3) is 0 Å². The lowest BCUT2D eigenvalue weighted by molar-refractivity contribution is 0.406. The first-order chi connectivity index (χ1) is 9.60. The van der Waals surface area contributed by atoms with E-state index in [2.05, 4.69) is 41.6 Å². The molecule has 0 saturated heterocycles. The summed E-state index contributed by atoms with van der Waals surface area (Å²) in [7, 11) is 1.71. The van der Waals surface area contributed by atoms with Crippen molar-refractivity contribution in [3.8, 4) is 5.75 Å². The fourth-order valence-electron chi connectivity index (χ4n) is 2.48. The lowest BCUT2D eigenvalue weighted by Crippen LogP contribution is -2.10. The van der Waals surface area contributed by atoms with Crippen LogP contribution in [0.5, 0.6) is 5.75 Å². The number of hydrogen-bond acceptors (Lipinski definition) is 3. The summed E-state index contributed by atoms with van der Waals surface area (Å²) in [5.41, 5.74) is 5.58. The van der Waals surface area contributed by atoms with Crippen LogP contribution in [-0.4, -0.2) is 21.9 Å². The molecule has 0 bridgehead atoms. The molecule has 2 rings (SSSR count). The zero-order valence-electron chi connectivity index (χ0n) is 13.0. The van der Waals surface area contributed by atoms with E-state index in [4.69, 9.17) is 4.74 Å². The second-order valence-electron chi connectivity index (χ2n) is 5.04. The SMILES string of the molecule is CCc1cc(CC)n(Cc2ncc(C)c(OC)c2C)n1. The summed E-state index contributed by atoms with van der Waals surface area (Å²) in [5.74, 6) is 0.927. The number of hydrogen-bond donors (Lipinski definition) is 0. The zero-order chi connectivity index (χ0) is 14.7. The zero-order valence-corrected chi connectivity index (χ0v) is 13.0. The average Bonchev–Trinajstić information content (AvgIpc) is 2.85. The average molecular weight is 273 g/mol. The molecule has 2 aromatic rings. The van der Waals surface area contributed by atoms with Crippen molar-refractivity contribution in [2.75, 3.05) is 7.11 Å². The van der Waals surface area contributed by atoms with Gasteiger partial charge in [-0.25, -0.2) is 0 Å². The van der Waals surface area contributed by atoms with Gasteiger partial charge in [-0.2, -0.15) is 5.10 Å². The van der Waals surface area contributed by atoms with Crippen LogP contribution in [0.15, 0.2) is 12.3 Å². The summed E-state index contributed by atoms with van der Waals surface area (Å²) in [6, 6.07) is 2.18. The van der Waals surface area contributed by atoms with Gasteiger partial charge in [0.15, 0.2) is 0 Å². The highest BCUT2D eigenvalue weighted by Crippen LogP contribution is 2.24. The number of methoxy groups -OCH3 is 1. The van der Waals surface area contributed by atoms with Crippen LogP contribution in [0.3, 0.4) is 0 Å². The van der Waals surface area contributed by atoms with E-state index in [9.17, 15) is 0 Å². The topological polar surface area (TPSA) is 39.9 Å². The Morgan fingerprint density at radius 3 is 2.55 bits per heavy atom. The third kappa shape index (κ3) is 2.69. The third-order valence-electron chi connectivity index (χ3n) is 3.69. The molecule has 0 N–H and O–H groups in total. The molecule has 108 valence electrons. The largest absolute Gasteiger partial charge is 0.496 e. The predicted octanol–water partition coefficient (Wildman–Crippen LogP) is 3.08. The molecule has 4 heteroatoms. The van der Waals surface area contributed by atoms with Gasteiger partial charge in [0, 0.05) is 23.0 Å². The minimum atomic E-state index is 0.700. The van der Waals surface area contributed by atoms with E-state index in [0.717, 1.165) is 41.1 Å². The van der Waals surface area contributed by atoms with Crippen LogP contribution in [-0.2, 0) is 19.4 Å². The van der Waals surface area contributed by atoms with Crippen molar-refractivity contribution in [2.24, 2.45) is 0 Å². The van der Waals surface area contributed by atoms with Gasteiger partial charge in [-0.15, -0.1) is 0 Å². The molecule has 2 aromatic heterocycles. The Balaban J connectivity index is 2.37. The van der Waals surface area contributed by atoms with E-state index in [1.54, 1.807) is 7.11 Å². The molecule has 0 fully saturated rings. The lowest BCUT2D eigenvalue weighted by Gasteiger charge is -2.13. The Hall–Kier alpha value is -1.84. The summed E-state index contributed by atoms with van der Waals surface area (Å²) in [5, 5.41) is 4.65. The van der Waals surface area contributed by atoms with E-state index in [-0.39, 0.29) is 0 Å². The molecule has 0 radical (unpaired) electrons. The van der Waals surface area contributed by atoms with Crippen LogP contribution in [0.4, 0.5) is 0 Å². The molecular formula is C16H23N3O. The van der Waals surface area contributed by atoms with Crippen LogP contribution in [0.1, 0.15) is 42.1 Å². The van der Waals surface area contributed by atoms with Crippen LogP contribution in [0, 0.1) is 13.8 Å². The van der Waals surface area contributed by atoms with Gasteiger partial charge in [0.2, 0.25) is 0 Å². The standard InChI is InChI=1S/C16H23N3O/c1-6-13-8-14(7-2)19(18-13)10-15-12(4)16(20-5)11(3)9-17-15/h8-9H,6-7,10H2,1-5H3. The summed E-state index contributed by atoms with van der Waals surface area (Å²) >= 11 is 0. The Morgan fingerprint density at radius 2 is 1.95 bits per heavy atom. The summed E-state index contributed by atoms with van der Waals surface area (Å²) < 4.78 is 7.53. The number of rotatable bonds is 5. The van der Waals surface area contributed by atoms with Gasteiger partial charge in [-0.1, -0.05) is 13.8 Å². The fourth-order valence-corrected chi connectivity index (χ4v) is 2.48. The molecule has 0 unspecified atom stereocenters. The van der Waals surface area contributed by atoms with Gasteiger partial charge in [-0.3, -0.25) is 9.67 Å². The van der Waals surface area contributed by atoms with E-state index < -0.39 is 0 Å². The molecule has 0 aliphatic rings. The minimum Gasteiger partial charge on any atom is -0.496 e. The Bertz CT molecular complexity index is 602. The van der Waals surface area contributed by atoms with Crippen molar-refractivity contribution in [1.29, 1.82) is 0 Å². The summed E-state index contributed by atoms with van der Waals surface area (Å²) in [6.07, 6.45) is 3.82. The Kier molecular flexibility index (Phi) is 4.42. The van der Waals surface area contributed by atoms with Gasteiger partial charge < -0.3 is 4.74 Å². The normalized spacial score (nSPS) is 10.8. The van der Waals surface area contributed by atoms with Crippen molar-refractivity contribution in [1.82, 2.24) is 14.8 Å². The second kappa shape index (κ2) is 6.07. The van der Waals surface area contributed by atoms with E-state index in [1.165, 1.54) is 5.69 Å². The molecular weight excluding hydrogens is 250 g/mol. The van der Waals surface area contributed by atoms with E-state index in [0.29, 0.717) is 6.54 Å². The van der Waals surface area contributed by atoms with Crippen LogP contribution in [0.2, 0.25) is 0 Å². The van der Waals surface area contributed by atoms with Gasteiger partial charge >= 0.3 is 0 Å². The van der Waals surface area contributed by atoms with Gasteiger partial charge in [0.1, 0.15) is 5.75 Å². The molecule has 0 saturated carbocycles. The lowest BCUT2D eigenvalue weighted by atomic mass is 10.1. The molecule has 0 amide bonds. The monoisotopic (exact) mass is 273 g/mol. The molecule has 4 nitrogen and oxygen atoms in total. The number of nitrogens with zero attached hydrogens (tertiary/aromatic N) is 3. The van der Waals surface area contributed by atoms with Crippen LogP contribution in [0.25, 0.3) is 0 Å². The van der Waals surface area contributed by atoms with Crippen molar-refractivity contribution in [2.45, 2.75) is 47.1 Å². The van der Waals surface area contributed by atoms with Gasteiger partial charge in [0.05, 0.1) is 25.0 Å². The highest BCUT2D eigenvalue weighted by atomic mass is 16.5. The number of aromatic nitrogens is 3. The molecule has 20 heavy (non-hydrogen) atoms. The van der Waals surface area contributed by atoms with Gasteiger partial charge in [-0.05, 0) is 32.8 Å². The van der Waals surface area contributed by atoms with E-state index >= 15 is 0 Å². The summed E-state index contributed by atoms with van der Waals surface area (Å²) in [4.78, 5) is 4.55. The minimum absolute atomic E-state index is 0.700. The highest BCUT2D eigenvalue weighted by Gasteiger charge is 2.12. The van der Waals surface area contributed by atoms with E-state index in [1.807, 2.05) is 13.1 Å². The third-order valence-corrected chi connectivity index (χ3v) is 3.69. The number of aryl methyl sites for hydroxylation is 3. The van der Waals surface area contributed by atoms with Crippen LogP contribution < -0.4 is 4.74 Å². The molecule has 0 spiro atoms. The summed E-state index contributed by atoms with van der Waals surface area (Å²) in [6.45, 7) is 9.06. The fraction of sp³-hybridized carbons (Fsp3) is 0.500. The van der Waals surface area contributed by atoms with Crippen LogP contribution >= 0.6 is 0 Å². The molecule has 0 aliphatic carbocycles. The first kappa shape index (κ1) is 14.6. The highest BCUT2D eigenvalue weighted by molar-refractivity contribution is 5.41. The molecule has 0 atom stereocenters. The van der Waals surface area contributed by atoms with Crippen molar-refractivity contribution < 1.29 is 4.74 Å².